The van der Waals surface area contributed by atoms with E-state index in [0.29, 0.717) is 33.6 Å². The van der Waals surface area contributed by atoms with Crippen molar-refractivity contribution in [2.24, 2.45) is 0 Å². The molecule has 0 saturated heterocycles. The molecule has 0 saturated carbocycles. The van der Waals surface area contributed by atoms with Crippen LogP contribution in [0.15, 0.2) is 83.8 Å². The minimum atomic E-state index is -3.83. The minimum Gasteiger partial charge on any atom is -0.457 e. The largest absolute Gasteiger partial charge is 0.457 e. The van der Waals surface area contributed by atoms with E-state index in [9.17, 15) is 8.42 Å². The first kappa shape index (κ1) is 21.0. The van der Waals surface area contributed by atoms with Gasteiger partial charge in [0, 0.05) is 10.7 Å². The van der Waals surface area contributed by atoms with Gasteiger partial charge in [-0.2, -0.15) is 5.10 Å². The number of halogens is 1. The molecule has 1 aromatic heterocycles. The number of ether oxygens (including phenoxy) is 1. The van der Waals surface area contributed by atoms with Gasteiger partial charge in [0.1, 0.15) is 16.4 Å². The zero-order valence-electron chi connectivity index (χ0n) is 16.9. The normalized spacial score (nSPS) is 11.3. The molecule has 31 heavy (non-hydrogen) atoms. The Morgan fingerprint density at radius 2 is 1.45 bits per heavy atom. The van der Waals surface area contributed by atoms with Crippen LogP contribution in [0, 0.1) is 13.8 Å². The average Bonchev–Trinajstić information content (AvgIpc) is 3.06. The van der Waals surface area contributed by atoms with Crippen LogP contribution in [0.1, 0.15) is 11.4 Å². The molecule has 0 atom stereocenters. The lowest BCUT2D eigenvalue weighted by Gasteiger charge is -2.10. The third-order valence-electron chi connectivity index (χ3n) is 4.65. The number of hydrogen-bond acceptors (Lipinski definition) is 4. The summed E-state index contributed by atoms with van der Waals surface area (Å²) in [5, 5.41) is 5.05. The molecule has 4 rings (SSSR count). The van der Waals surface area contributed by atoms with E-state index in [1.807, 2.05) is 30.3 Å². The van der Waals surface area contributed by atoms with Crippen LogP contribution in [0.5, 0.6) is 11.5 Å². The van der Waals surface area contributed by atoms with Crippen LogP contribution in [-0.4, -0.2) is 18.2 Å². The Hall–Kier alpha value is -3.29. The van der Waals surface area contributed by atoms with E-state index < -0.39 is 10.0 Å². The van der Waals surface area contributed by atoms with Gasteiger partial charge >= 0.3 is 0 Å². The highest BCUT2D eigenvalue weighted by atomic mass is 35.5. The molecule has 4 aromatic rings. The summed E-state index contributed by atoms with van der Waals surface area (Å²) in [5.74, 6) is 1.21. The maximum Gasteiger partial charge on any atom is 0.265 e. The summed E-state index contributed by atoms with van der Waals surface area (Å²) in [6.45, 7) is 3.43. The molecule has 0 spiro atoms. The molecule has 0 aliphatic rings. The standard InChI is InChI=1S/C23H20ClN3O3S/c1-16-23(17(2)27(25-16)20-6-4-3-5-7-20)31(28,29)26-19-10-14-22(15-11-19)30-21-12-8-18(24)9-13-21/h3-15,26H,1-2H3. The first-order valence-corrected chi connectivity index (χ1v) is 11.4. The van der Waals surface area contributed by atoms with Gasteiger partial charge < -0.3 is 4.74 Å². The second-order valence-electron chi connectivity index (χ2n) is 6.93. The maximum absolute atomic E-state index is 13.1. The summed E-state index contributed by atoms with van der Waals surface area (Å²) >= 11 is 5.88. The van der Waals surface area contributed by atoms with Crippen molar-refractivity contribution in [1.29, 1.82) is 0 Å². The number of rotatable bonds is 6. The Kier molecular flexibility index (Phi) is 5.71. The summed E-state index contributed by atoms with van der Waals surface area (Å²) in [4.78, 5) is 0.165. The molecule has 158 valence electrons. The summed E-state index contributed by atoms with van der Waals surface area (Å²) in [6, 6.07) is 23.1. The van der Waals surface area contributed by atoms with Crippen LogP contribution < -0.4 is 9.46 Å². The van der Waals surface area contributed by atoms with E-state index in [1.54, 1.807) is 67.1 Å². The minimum absolute atomic E-state index is 0.165. The second kappa shape index (κ2) is 8.45. The Labute approximate surface area is 186 Å². The van der Waals surface area contributed by atoms with Crippen molar-refractivity contribution in [3.63, 3.8) is 0 Å². The van der Waals surface area contributed by atoms with Gasteiger partial charge in [0.05, 0.1) is 17.1 Å². The van der Waals surface area contributed by atoms with Crippen LogP contribution in [0.25, 0.3) is 5.69 Å². The highest BCUT2D eigenvalue weighted by Crippen LogP contribution is 2.27. The highest BCUT2D eigenvalue weighted by Gasteiger charge is 2.25. The van der Waals surface area contributed by atoms with Crippen molar-refractivity contribution >= 4 is 27.3 Å². The number of aromatic nitrogens is 2. The van der Waals surface area contributed by atoms with E-state index in [1.165, 1.54) is 0 Å². The van der Waals surface area contributed by atoms with Crippen molar-refractivity contribution in [3.05, 3.63) is 95.3 Å². The fourth-order valence-electron chi connectivity index (χ4n) is 3.27. The molecule has 0 fully saturated rings. The van der Waals surface area contributed by atoms with Gasteiger partial charge in [-0.1, -0.05) is 29.8 Å². The van der Waals surface area contributed by atoms with Crippen LogP contribution >= 0.6 is 11.6 Å². The van der Waals surface area contributed by atoms with Crippen molar-refractivity contribution in [1.82, 2.24) is 9.78 Å². The lowest BCUT2D eigenvalue weighted by molar-refractivity contribution is 0.483. The molecule has 0 bridgehead atoms. The van der Waals surface area contributed by atoms with Gasteiger partial charge in [-0.05, 0) is 74.5 Å². The monoisotopic (exact) mass is 453 g/mol. The molecular formula is C23H20ClN3O3S. The van der Waals surface area contributed by atoms with Gasteiger partial charge in [0.25, 0.3) is 10.0 Å². The van der Waals surface area contributed by atoms with Crippen LogP contribution in [0.2, 0.25) is 5.02 Å². The number of aryl methyl sites for hydroxylation is 1. The average molecular weight is 454 g/mol. The highest BCUT2D eigenvalue weighted by molar-refractivity contribution is 7.92. The Morgan fingerprint density at radius 1 is 0.871 bits per heavy atom. The Bertz CT molecular complexity index is 1300. The molecule has 6 nitrogen and oxygen atoms in total. The van der Waals surface area contributed by atoms with Crippen LogP contribution in [-0.2, 0) is 10.0 Å². The number of nitrogens with one attached hydrogen (secondary N) is 1. The topological polar surface area (TPSA) is 73.2 Å². The van der Waals surface area contributed by atoms with Crippen molar-refractivity contribution in [2.45, 2.75) is 18.7 Å². The summed E-state index contributed by atoms with van der Waals surface area (Å²) in [6.07, 6.45) is 0. The van der Waals surface area contributed by atoms with Gasteiger partial charge in [-0.3, -0.25) is 4.72 Å². The molecule has 0 amide bonds. The van der Waals surface area contributed by atoms with E-state index in [2.05, 4.69) is 9.82 Å². The molecular weight excluding hydrogens is 434 g/mol. The van der Waals surface area contributed by atoms with Crippen molar-refractivity contribution < 1.29 is 13.2 Å². The quantitative estimate of drug-likeness (QED) is 0.404. The van der Waals surface area contributed by atoms with Crippen molar-refractivity contribution in [3.8, 4) is 17.2 Å². The molecule has 0 aliphatic heterocycles. The fourth-order valence-corrected chi connectivity index (χ4v) is 4.85. The first-order valence-electron chi connectivity index (χ1n) is 9.51. The number of nitrogens with zero attached hydrogens (tertiary/aromatic N) is 2. The zero-order valence-corrected chi connectivity index (χ0v) is 18.5. The number of benzene rings is 3. The van der Waals surface area contributed by atoms with E-state index in [4.69, 9.17) is 16.3 Å². The predicted octanol–water partition coefficient (Wildman–Crippen LogP) is 5.74. The maximum atomic E-state index is 13.1. The SMILES string of the molecule is Cc1nn(-c2ccccc2)c(C)c1S(=O)(=O)Nc1ccc(Oc2ccc(Cl)cc2)cc1. The summed E-state index contributed by atoms with van der Waals surface area (Å²) in [5.41, 5.74) is 2.19. The number of hydrogen-bond donors (Lipinski definition) is 1. The number of para-hydroxylation sites is 1. The lowest BCUT2D eigenvalue weighted by Crippen LogP contribution is -2.15. The summed E-state index contributed by atoms with van der Waals surface area (Å²) in [7, 11) is -3.83. The van der Waals surface area contributed by atoms with Gasteiger partial charge in [0.15, 0.2) is 0 Å². The number of anilines is 1. The van der Waals surface area contributed by atoms with Gasteiger partial charge in [0.2, 0.25) is 0 Å². The number of sulfonamides is 1. The summed E-state index contributed by atoms with van der Waals surface area (Å²) < 4.78 is 36.2. The van der Waals surface area contributed by atoms with Crippen molar-refractivity contribution in [2.75, 3.05) is 4.72 Å². The smallest absolute Gasteiger partial charge is 0.265 e. The Balaban J connectivity index is 1.55. The van der Waals surface area contributed by atoms with E-state index >= 15 is 0 Å². The third kappa shape index (κ3) is 4.57. The lowest BCUT2D eigenvalue weighted by atomic mass is 10.3. The van der Waals surface area contributed by atoms with E-state index in [-0.39, 0.29) is 4.90 Å². The second-order valence-corrected chi connectivity index (χ2v) is 8.99. The third-order valence-corrected chi connectivity index (χ3v) is 6.53. The molecule has 0 radical (unpaired) electrons. The molecule has 1 heterocycles. The van der Waals surface area contributed by atoms with Gasteiger partial charge in [-0.25, -0.2) is 13.1 Å². The molecule has 8 heteroatoms. The molecule has 0 unspecified atom stereocenters. The molecule has 1 N–H and O–H groups in total. The Morgan fingerprint density at radius 3 is 2.06 bits per heavy atom. The molecule has 0 aliphatic carbocycles. The first-order chi connectivity index (χ1) is 14.8. The van der Waals surface area contributed by atoms with E-state index in [0.717, 1.165) is 5.69 Å². The van der Waals surface area contributed by atoms with Gasteiger partial charge in [-0.15, -0.1) is 0 Å². The zero-order chi connectivity index (χ0) is 22.0. The fraction of sp³-hybridized carbons (Fsp3) is 0.0870. The molecule has 3 aromatic carbocycles. The van der Waals surface area contributed by atoms with Crippen LogP contribution in [0.4, 0.5) is 5.69 Å². The predicted molar refractivity (Wildman–Crippen MR) is 122 cm³/mol. The van der Waals surface area contributed by atoms with Crippen LogP contribution in [0.3, 0.4) is 0 Å².